The van der Waals surface area contributed by atoms with E-state index >= 15 is 0 Å². The molecule has 0 aliphatic carbocycles. The Labute approximate surface area is 199 Å². The monoisotopic (exact) mass is 450 g/mol. The van der Waals surface area contributed by atoms with Crippen LogP contribution in [-0.2, 0) is 6.42 Å². The minimum Gasteiger partial charge on any atom is -0.491 e. The molecule has 6 heteroatoms. The lowest BCUT2D eigenvalue weighted by Gasteiger charge is -2.21. The number of nitriles is 1. The van der Waals surface area contributed by atoms with Gasteiger partial charge < -0.3 is 9.64 Å². The maximum Gasteiger partial charge on any atom is 0.153 e. The van der Waals surface area contributed by atoms with Gasteiger partial charge in [-0.05, 0) is 72.5 Å². The molecular weight excluding hydrogens is 424 g/mol. The van der Waals surface area contributed by atoms with Gasteiger partial charge in [0.2, 0.25) is 0 Å². The van der Waals surface area contributed by atoms with Crippen LogP contribution in [0.25, 0.3) is 5.69 Å². The minimum absolute atomic E-state index is 0.394. The number of aryl methyl sites for hydroxylation is 1. The van der Waals surface area contributed by atoms with Crippen LogP contribution in [-0.4, -0.2) is 36.3 Å². The molecule has 3 aromatic carbocycles. The van der Waals surface area contributed by atoms with Crippen molar-refractivity contribution in [3.8, 4) is 17.5 Å². The SMILES string of the molecule is Cc1cc(OCCN(C)c2ccccc2C#N)c(C=O)cc1Cc1ccc(-n2cccn2)cc1. The van der Waals surface area contributed by atoms with Crippen LogP contribution in [0.5, 0.6) is 5.75 Å². The first-order chi connectivity index (χ1) is 16.6. The molecule has 0 atom stereocenters. The Balaban J connectivity index is 1.42. The molecule has 0 unspecified atom stereocenters. The van der Waals surface area contributed by atoms with Gasteiger partial charge >= 0.3 is 0 Å². The fourth-order valence-corrected chi connectivity index (χ4v) is 3.87. The first kappa shape index (κ1) is 22.8. The van der Waals surface area contributed by atoms with Crippen LogP contribution in [0, 0.1) is 18.3 Å². The number of hydrogen-bond acceptors (Lipinski definition) is 5. The predicted octanol–water partition coefficient (Wildman–Crippen LogP) is 4.97. The van der Waals surface area contributed by atoms with E-state index in [0.717, 1.165) is 40.8 Å². The summed E-state index contributed by atoms with van der Waals surface area (Å²) in [5.74, 6) is 0.576. The number of aromatic nitrogens is 2. The molecule has 0 saturated carbocycles. The van der Waals surface area contributed by atoms with E-state index in [1.165, 1.54) is 0 Å². The van der Waals surface area contributed by atoms with Gasteiger partial charge in [-0.2, -0.15) is 10.4 Å². The summed E-state index contributed by atoms with van der Waals surface area (Å²) in [6.07, 6.45) is 5.23. The van der Waals surface area contributed by atoms with Gasteiger partial charge in [0.15, 0.2) is 6.29 Å². The second-order valence-corrected chi connectivity index (χ2v) is 8.13. The number of ether oxygens (including phenoxy) is 1. The van der Waals surface area contributed by atoms with E-state index in [0.29, 0.717) is 30.0 Å². The predicted molar refractivity (Wildman–Crippen MR) is 133 cm³/mol. The van der Waals surface area contributed by atoms with Crippen molar-refractivity contribution in [1.29, 1.82) is 5.26 Å². The van der Waals surface area contributed by atoms with Crippen molar-refractivity contribution in [1.82, 2.24) is 9.78 Å². The van der Waals surface area contributed by atoms with E-state index in [4.69, 9.17) is 4.74 Å². The average molecular weight is 451 g/mol. The number of para-hydroxylation sites is 1. The van der Waals surface area contributed by atoms with Crippen molar-refractivity contribution in [3.05, 3.63) is 107 Å². The van der Waals surface area contributed by atoms with Crippen LogP contribution >= 0.6 is 0 Å². The molecule has 1 aromatic heterocycles. The van der Waals surface area contributed by atoms with Crippen LogP contribution in [0.1, 0.15) is 32.6 Å². The molecule has 0 saturated heterocycles. The van der Waals surface area contributed by atoms with Gasteiger partial charge in [0.05, 0.1) is 29.0 Å². The molecule has 0 N–H and O–H groups in total. The zero-order valence-corrected chi connectivity index (χ0v) is 19.3. The molecule has 4 rings (SSSR count). The number of carbonyl (C=O) groups is 1. The molecule has 0 aliphatic heterocycles. The van der Waals surface area contributed by atoms with Crippen molar-refractivity contribution in [2.45, 2.75) is 13.3 Å². The fraction of sp³-hybridized carbons (Fsp3) is 0.179. The van der Waals surface area contributed by atoms with Crippen LogP contribution in [0.4, 0.5) is 5.69 Å². The van der Waals surface area contributed by atoms with Crippen LogP contribution < -0.4 is 9.64 Å². The highest BCUT2D eigenvalue weighted by Crippen LogP contribution is 2.25. The van der Waals surface area contributed by atoms with E-state index in [2.05, 4.69) is 23.3 Å². The summed E-state index contributed by atoms with van der Waals surface area (Å²) in [4.78, 5) is 13.8. The van der Waals surface area contributed by atoms with Gasteiger partial charge in [-0.3, -0.25) is 4.79 Å². The second kappa shape index (κ2) is 10.5. The highest BCUT2D eigenvalue weighted by atomic mass is 16.5. The Morgan fingerprint density at radius 3 is 2.62 bits per heavy atom. The van der Waals surface area contributed by atoms with Crippen LogP contribution in [0.15, 0.2) is 79.1 Å². The normalized spacial score (nSPS) is 10.5. The summed E-state index contributed by atoms with van der Waals surface area (Å²) < 4.78 is 7.79. The number of benzene rings is 3. The molecule has 0 spiro atoms. The number of anilines is 1. The molecule has 0 bridgehead atoms. The Kier molecular flexibility index (Phi) is 7.04. The van der Waals surface area contributed by atoms with Crippen molar-refractivity contribution in [2.75, 3.05) is 25.1 Å². The number of likely N-dealkylation sites (N-methyl/N-ethyl adjacent to an activating group) is 1. The number of aldehydes is 1. The lowest BCUT2D eigenvalue weighted by atomic mass is 9.97. The van der Waals surface area contributed by atoms with Crippen molar-refractivity contribution >= 4 is 12.0 Å². The zero-order valence-electron chi connectivity index (χ0n) is 19.3. The third-order valence-electron chi connectivity index (χ3n) is 5.82. The smallest absolute Gasteiger partial charge is 0.153 e. The molecule has 170 valence electrons. The van der Waals surface area contributed by atoms with E-state index < -0.39 is 0 Å². The Morgan fingerprint density at radius 2 is 1.91 bits per heavy atom. The third-order valence-corrected chi connectivity index (χ3v) is 5.82. The first-order valence-corrected chi connectivity index (χ1v) is 11.1. The highest BCUT2D eigenvalue weighted by Gasteiger charge is 2.11. The lowest BCUT2D eigenvalue weighted by molar-refractivity contribution is 0.111. The standard InChI is InChI=1S/C28H26N4O2/c1-21-16-28(34-15-14-31(2)27-7-4-3-6-23(27)19-29)25(20-33)18-24(21)17-22-8-10-26(11-9-22)32-13-5-12-30-32/h3-13,16,18,20H,14-15,17H2,1-2H3. The van der Waals surface area contributed by atoms with Gasteiger partial charge in [-0.1, -0.05) is 24.3 Å². The van der Waals surface area contributed by atoms with Gasteiger partial charge in [-0.15, -0.1) is 0 Å². The van der Waals surface area contributed by atoms with Gasteiger partial charge in [0, 0.05) is 19.4 Å². The molecule has 0 aliphatic rings. The molecule has 34 heavy (non-hydrogen) atoms. The fourth-order valence-electron chi connectivity index (χ4n) is 3.87. The van der Waals surface area contributed by atoms with Crippen LogP contribution in [0.2, 0.25) is 0 Å². The molecule has 0 fully saturated rings. The third kappa shape index (κ3) is 5.16. The van der Waals surface area contributed by atoms with E-state index in [9.17, 15) is 10.1 Å². The topological polar surface area (TPSA) is 71.2 Å². The first-order valence-electron chi connectivity index (χ1n) is 11.1. The number of hydrogen-bond donors (Lipinski definition) is 0. The van der Waals surface area contributed by atoms with Gasteiger partial charge in [-0.25, -0.2) is 4.68 Å². The van der Waals surface area contributed by atoms with Crippen molar-refractivity contribution in [2.24, 2.45) is 0 Å². The largest absolute Gasteiger partial charge is 0.491 e. The Morgan fingerprint density at radius 1 is 1.12 bits per heavy atom. The Bertz CT molecular complexity index is 1310. The number of carbonyl (C=O) groups excluding carboxylic acids is 1. The van der Waals surface area contributed by atoms with Crippen LogP contribution in [0.3, 0.4) is 0 Å². The van der Waals surface area contributed by atoms with E-state index in [1.807, 2.05) is 78.3 Å². The summed E-state index contributed by atoms with van der Waals surface area (Å²) >= 11 is 0. The van der Waals surface area contributed by atoms with E-state index in [1.54, 1.807) is 12.3 Å². The lowest BCUT2D eigenvalue weighted by Crippen LogP contribution is -2.24. The average Bonchev–Trinajstić information content (AvgIpc) is 3.41. The second-order valence-electron chi connectivity index (χ2n) is 8.13. The molecule has 4 aromatic rings. The van der Waals surface area contributed by atoms with Crippen molar-refractivity contribution in [3.63, 3.8) is 0 Å². The highest BCUT2D eigenvalue weighted by molar-refractivity contribution is 5.80. The summed E-state index contributed by atoms with van der Waals surface area (Å²) in [5, 5.41) is 13.6. The molecule has 0 amide bonds. The maximum absolute atomic E-state index is 11.8. The zero-order chi connectivity index (χ0) is 23.9. The number of nitrogens with zero attached hydrogens (tertiary/aromatic N) is 4. The minimum atomic E-state index is 0.394. The molecule has 1 heterocycles. The summed E-state index contributed by atoms with van der Waals surface area (Å²) in [5.41, 5.74) is 6.33. The quantitative estimate of drug-likeness (QED) is 0.337. The number of rotatable bonds is 9. The molecule has 6 nitrogen and oxygen atoms in total. The summed E-state index contributed by atoms with van der Waals surface area (Å²) in [7, 11) is 1.92. The molecular formula is C28H26N4O2. The van der Waals surface area contributed by atoms with Crippen molar-refractivity contribution < 1.29 is 9.53 Å². The van der Waals surface area contributed by atoms with E-state index in [-0.39, 0.29) is 0 Å². The summed E-state index contributed by atoms with van der Waals surface area (Å²) in [6.45, 7) is 3.01. The molecule has 0 radical (unpaired) electrons. The maximum atomic E-state index is 11.8. The van der Waals surface area contributed by atoms with Gasteiger partial charge in [0.25, 0.3) is 0 Å². The summed E-state index contributed by atoms with van der Waals surface area (Å²) in [6, 6.07) is 23.6. The van der Waals surface area contributed by atoms with Gasteiger partial charge in [0.1, 0.15) is 18.4 Å². The Hall–Kier alpha value is -4.37.